The number of carbonyl (C=O) groups excluding carboxylic acids is 1. The van der Waals surface area contributed by atoms with Crippen LogP contribution in [0.25, 0.3) is 0 Å². The minimum atomic E-state index is -1.15. The van der Waals surface area contributed by atoms with E-state index in [0.717, 1.165) is 5.56 Å². The molecule has 92 valence electrons. The van der Waals surface area contributed by atoms with Gasteiger partial charge in [0, 0.05) is 0 Å². The number of carbonyl (C=O) groups is 2. The molecule has 0 aliphatic rings. The van der Waals surface area contributed by atoms with Crippen molar-refractivity contribution < 1.29 is 14.7 Å². The van der Waals surface area contributed by atoms with Gasteiger partial charge in [-0.1, -0.05) is 30.3 Å². The SMILES string of the molecule is C[C@@H](NC(=O)O)[C@H](NC(N)=O)c1ccccc1. The van der Waals surface area contributed by atoms with E-state index in [-0.39, 0.29) is 0 Å². The van der Waals surface area contributed by atoms with Crippen molar-refractivity contribution in [3.63, 3.8) is 0 Å². The molecule has 1 aromatic carbocycles. The van der Waals surface area contributed by atoms with Crippen molar-refractivity contribution in [2.45, 2.75) is 19.0 Å². The molecule has 0 aliphatic carbocycles. The van der Waals surface area contributed by atoms with Crippen molar-refractivity contribution >= 4 is 12.1 Å². The van der Waals surface area contributed by atoms with Gasteiger partial charge in [0.05, 0.1) is 12.1 Å². The fourth-order valence-electron chi connectivity index (χ4n) is 1.59. The first-order valence-corrected chi connectivity index (χ1v) is 5.11. The number of hydrogen-bond acceptors (Lipinski definition) is 2. The van der Waals surface area contributed by atoms with Crippen LogP contribution in [0.15, 0.2) is 30.3 Å². The van der Waals surface area contributed by atoms with Gasteiger partial charge in [-0.05, 0) is 12.5 Å². The Balaban J connectivity index is 2.87. The Bertz CT molecular complexity index is 394. The van der Waals surface area contributed by atoms with Crippen LogP contribution in [0.1, 0.15) is 18.5 Å². The van der Waals surface area contributed by atoms with E-state index in [2.05, 4.69) is 10.6 Å². The highest BCUT2D eigenvalue weighted by Crippen LogP contribution is 2.16. The van der Waals surface area contributed by atoms with Crippen molar-refractivity contribution in [2.24, 2.45) is 5.73 Å². The first-order valence-electron chi connectivity index (χ1n) is 5.11. The summed E-state index contributed by atoms with van der Waals surface area (Å²) in [5.41, 5.74) is 5.86. The van der Waals surface area contributed by atoms with Crippen LogP contribution in [-0.2, 0) is 0 Å². The highest BCUT2D eigenvalue weighted by molar-refractivity contribution is 5.72. The molecule has 0 bridgehead atoms. The molecule has 6 heteroatoms. The standard InChI is InChI=1S/C11H15N3O3/c1-7(13-11(16)17)9(14-10(12)15)8-5-3-2-4-6-8/h2-7,9,13H,1H3,(H,16,17)(H3,12,14,15)/t7-,9+/m1/s1. The number of amides is 3. The third kappa shape index (κ3) is 4.02. The average molecular weight is 237 g/mol. The fraction of sp³-hybridized carbons (Fsp3) is 0.273. The third-order valence-corrected chi connectivity index (χ3v) is 2.31. The highest BCUT2D eigenvalue weighted by Gasteiger charge is 2.21. The summed E-state index contributed by atoms with van der Waals surface area (Å²) in [5, 5.41) is 13.5. The number of urea groups is 1. The van der Waals surface area contributed by atoms with Crippen molar-refractivity contribution in [1.82, 2.24) is 10.6 Å². The second-order valence-corrected chi connectivity index (χ2v) is 3.64. The lowest BCUT2D eigenvalue weighted by molar-refractivity contribution is 0.187. The Morgan fingerprint density at radius 3 is 2.29 bits per heavy atom. The van der Waals surface area contributed by atoms with Gasteiger partial charge in [-0.25, -0.2) is 9.59 Å². The maximum absolute atomic E-state index is 10.9. The molecule has 0 fully saturated rings. The van der Waals surface area contributed by atoms with Gasteiger partial charge < -0.3 is 21.5 Å². The minimum Gasteiger partial charge on any atom is -0.465 e. The molecule has 2 atom stereocenters. The van der Waals surface area contributed by atoms with Crippen LogP contribution >= 0.6 is 0 Å². The van der Waals surface area contributed by atoms with E-state index in [1.54, 1.807) is 31.2 Å². The topological polar surface area (TPSA) is 104 Å². The molecular formula is C11H15N3O3. The molecule has 0 saturated heterocycles. The summed E-state index contributed by atoms with van der Waals surface area (Å²) in [5.74, 6) is 0. The minimum absolute atomic E-state index is 0.484. The van der Waals surface area contributed by atoms with Crippen LogP contribution in [0, 0.1) is 0 Å². The normalized spacial score (nSPS) is 13.5. The van der Waals surface area contributed by atoms with E-state index in [9.17, 15) is 9.59 Å². The van der Waals surface area contributed by atoms with Crippen LogP contribution in [0.2, 0.25) is 0 Å². The average Bonchev–Trinajstić information content (AvgIpc) is 2.25. The fourth-order valence-corrected chi connectivity index (χ4v) is 1.59. The van der Waals surface area contributed by atoms with E-state index in [1.807, 2.05) is 6.07 Å². The Labute approximate surface area is 98.8 Å². The molecule has 0 heterocycles. The van der Waals surface area contributed by atoms with Gasteiger partial charge in [-0.15, -0.1) is 0 Å². The maximum Gasteiger partial charge on any atom is 0.404 e. The van der Waals surface area contributed by atoms with Gasteiger partial charge in [0.2, 0.25) is 0 Å². The number of primary amides is 1. The molecule has 0 saturated carbocycles. The number of nitrogens with one attached hydrogen (secondary N) is 2. The summed E-state index contributed by atoms with van der Waals surface area (Å²) in [7, 11) is 0. The summed E-state index contributed by atoms with van der Waals surface area (Å²) in [4.78, 5) is 21.5. The van der Waals surface area contributed by atoms with E-state index < -0.39 is 24.2 Å². The van der Waals surface area contributed by atoms with Crippen LogP contribution in [0.3, 0.4) is 0 Å². The zero-order chi connectivity index (χ0) is 12.8. The first-order chi connectivity index (χ1) is 8.00. The Morgan fingerprint density at radius 1 is 1.24 bits per heavy atom. The zero-order valence-electron chi connectivity index (χ0n) is 9.38. The largest absolute Gasteiger partial charge is 0.465 e. The van der Waals surface area contributed by atoms with Gasteiger partial charge in [0.1, 0.15) is 0 Å². The Kier molecular flexibility index (Phi) is 4.33. The number of benzene rings is 1. The molecule has 0 aromatic heterocycles. The number of rotatable bonds is 4. The smallest absolute Gasteiger partial charge is 0.404 e. The van der Waals surface area contributed by atoms with Crippen molar-refractivity contribution in [3.8, 4) is 0 Å². The molecule has 17 heavy (non-hydrogen) atoms. The lowest BCUT2D eigenvalue weighted by atomic mass is 10.0. The summed E-state index contributed by atoms with van der Waals surface area (Å²) < 4.78 is 0. The van der Waals surface area contributed by atoms with E-state index >= 15 is 0 Å². The number of carboxylic acid groups (broad SMARTS) is 1. The highest BCUT2D eigenvalue weighted by atomic mass is 16.4. The number of nitrogens with two attached hydrogens (primary N) is 1. The van der Waals surface area contributed by atoms with E-state index in [1.165, 1.54) is 0 Å². The lowest BCUT2D eigenvalue weighted by Crippen LogP contribution is -2.45. The van der Waals surface area contributed by atoms with Crippen LogP contribution in [0.5, 0.6) is 0 Å². The van der Waals surface area contributed by atoms with Gasteiger partial charge in [0.15, 0.2) is 0 Å². The first kappa shape index (κ1) is 12.8. The molecule has 1 rings (SSSR count). The van der Waals surface area contributed by atoms with Gasteiger partial charge in [-0.3, -0.25) is 0 Å². The monoisotopic (exact) mass is 237 g/mol. The molecule has 0 unspecified atom stereocenters. The van der Waals surface area contributed by atoms with E-state index in [0.29, 0.717) is 0 Å². The molecular weight excluding hydrogens is 222 g/mol. The lowest BCUT2D eigenvalue weighted by Gasteiger charge is -2.24. The molecule has 6 nitrogen and oxygen atoms in total. The summed E-state index contributed by atoms with van der Waals surface area (Å²) in [6, 6.07) is 7.35. The maximum atomic E-state index is 10.9. The van der Waals surface area contributed by atoms with E-state index in [4.69, 9.17) is 10.8 Å². The quantitative estimate of drug-likeness (QED) is 0.629. The molecule has 0 spiro atoms. The zero-order valence-corrected chi connectivity index (χ0v) is 9.38. The number of hydrogen-bond donors (Lipinski definition) is 4. The van der Waals surface area contributed by atoms with Gasteiger partial charge in [0.25, 0.3) is 0 Å². The second kappa shape index (κ2) is 5.74. The summed E-state index contributed by atoms with van der Waals surface area (Å²) in [6.45, 7) is 1.65. The van der Waals surface area contributed by atoms with Crippen LogP contribution in [-0.4, -0.2) is 23.3 Å². The third-order valence-electron chi connectivity index (χ3n) is 2.31. The van der Waals surface area contributed by atoms with Crippen LogP contribution < -0.4 is 16.4 Å². The van der Waals surface area contributed by atoms with Gasteiger partial charge in [-0.2, -0.15) is 0 Å². The predicted octanol–water partition coefficient (Wildman–Crippen LogP) is 1.05. The Hall–Kier alpha value is -2.24. The summed E-state index contributed by atoms with van der Waals surface area (Å²) >= 11 is 0. The molecule has 1 aromatic rings. The second-order valence-electron chi connectivity index (χ2n) is 3.64. The molecule has 3 amide bonds. The molecule has 5 N–H and O–H groups in total. The van der Waals surface area contributed by atoms with Crippen LogP contribution in [0.4, 0.5) is 9.59 Å². The Morgan fingerprint density at radius 2 is 1.82 bits per heavy atom. The summed E-state index contributed by atoms with van der Waals surface area (Å²) in [6.07, 6.45) is -1.15. The van der Waals surface area contributed by atoms with Crippen molar-refractivity contribution in [3.05, 3.63) is 35.9 Å². The predicted molar refractivity (Wildman–Crippen MR) is 62.5 cm³/mol. The van der Waals surface area contributed by atoms with Crippen molar-refractivity contribution in [1.29, 1.82) is 0 Å². The molecule has 0 aliphatic heterocycles. The van der Waals surface area contributed by atoms with Gasteiger partial charge >= 0.3 is 12.1 Å². The van der Waals surface area contributed by atoms with Crippen molar-refractivity contribution in [2.75, 3.05) is 0 Å². The molecule has 0 radical (unpaired) electrons.